The molecule has 0 heterocycles. The molecule has 3 N–H and O–H groups in total. The number of benzene rings is 2. The number of aliphatic carboxylic acids is 1. The van der Waals surface area contributed by atoms with Crippen LogP contribution in [0.25, 0.3) is 11.1 Å². The molecule has 2 aromatic rings. The van der Waals surface area contributed by atoms with E-state index in [1.807, 2.05) is 18.2 Å². The minimum Gasteiger partial charge on any atom is -0.481 e. The van der Waals surface area contributed by atoms with Gasteiger partial charge in [0.1, 0.15) is 0 Å². The van der Waals surface area contributed by atoms with Crippen molar-refractivity contribution in [2.24, 2.45) is 5.73 Å². The minimum atomic E-state index is -0.787. The summed E-state index contributed by atoms with van der Waals surface area (Å²) in [6.07, 6.45) is 0.329. The van der Waals surface area contributed by atoms with E-state index in [9.17, 15) is 4.79 Å². The summed E-state index contributed by atoms with van der Waals surface area (Å²) in [6.45, 7) is 4.43. The van der Waals surface area contributed by atoms with Crippen molar-refractivity contribution >= 4 is 12.4 Å². The molecule has 0 radical (unpaired) electrons. The number of carboxylic acid groups (broad SMARTS) is 1. The van der Waals surface area contributed by atoms with Crippen molar-refractivity contribution in [3.8, 4) is 11.1 Å². The molecule has 0 unspecified atom stereocenters. The standard InChI is InChI=1S/C17H16O2.CH3NO/c1-17(2)14-6-4-3-5-12(14)13-9-11(10-16(18)19)7-8-15(13)17;2-1-3/h3-9H,10H2,1-2H3,(H,18,19);1H,(H2,2,3). The summed E-state index contributed by atoms with van der Waals surface area (Å²) in [5.41, 5.74) is 10.0. The van der Waals surface area contributed by atoms with Gasteiger partial charge in [0.25, 0.3) is 0 Å². The average molecular weight is 297 g/mol. The van der Waals surface area contributed by atoms with Crippen LogP contribution in [0.5, 0.6) is 0 Å². The number of amides is 1. The third-order valence-electron chi connectivity index (χ3n) is 4.00. The molecule has 0 saturated heterocycles. The van der Waals surface area contributed by atoms with Gasteiger partial charge in [-0.25, -0.2) is 0 Å². The van der Waals surface area contributed by atoms with Gasteiger partial charge in [0, 0.05) is 5.41 Å². The lowest BCUT2D eigenvalue weighted by atomic mass is 9.82. The van der Waals surface area contributed by atoms with E-state index in [-0.39, 0.29) is 18.2 Å². The molecule has 4 heteroatoms. The Morgan fingerprint density at radius 2 is 1.73 bits per heavy atom. The Morgan fingerprint density at radius 1 is 1.14 bits per heavy atom. The first-order chi connectivity index (χ1) is 10.4. The molecule has 0 saturated carbocycles. The highest BCUT2D eigenvalue weighted by Gasteiger charge is 2.34. The molecule has 0 aliphatic heterocycles. The molecule has 114 valence electrons. The van der Waals surface area contributed by atoms with Gasteiger partial charge in [-0.2, -0.15) is 0 Å². The number of primary amides is 1. The number of nitrogens with two attached hydrogens (primary N) is 1. The van der Waals surface area contributed by atoms with Gasteiger partial charge in [0.05, 0.1) is 6.42 Å². The average Bonchev–Trinajstić information content (AvgIpc) is 2.68. The van der Waals surface area contributed by atoms with Crippen molar-refractivity contribution in [1.29, 1.82) is 0 Å². The van der Waals surface area contributed by atoms with Crippen LogP contribution in [0.1, 0.15) is 30.5 Å². The molecule has 1 aliphatic carbocycles. The highest BCUT2D eigenvalue weighted by Crippen LogP contribution is 2.48. The lowest BCUT2D eigenvalue weighted by Crippen LogP contribution is -2.14. The van der Waals surface area contributed by atoms with Gasteiger partial charge in [0.15, 0.2) is 0 Å². The lowest BCUT2D eigenvalue weighted by molar-refractivity contribution is -0.136. The fraction of sp³-hybridized carbons (Fsp3) is 0.222. The summed E-state index contributed by atoms with van der Waals surface area (Å²) in [5.74, 6) is -0.787. The van der Waals surface area contributed by atoms with Crippen molar-refractivity contribution in [1.82, 2.24) is 0 Å². The van der Waals surface area contributed by atoms with Crippen LogP contribution in [0.15, 0.2) is 42.5 Å². The fourth-order valence-corrected chi connectivity index (χ4v) is 3.05. The topological polar surface area (TPSA) is 80.4 Å². The van der Waals surface area contributed by atoms with Gasteiger partial charge in [-0.1, -0.05) is 56.3 Å². The van der Waals surface area contributed by atoms with E-state index in [2.05, 4.69) is 43.8 Å². The van der Waals surface area contributed by atoms with Crippen LogP contribution in [0.4, 0.5) is 0 Å². The zero-order chi connectivity index (χ0) is 16.3. The molecular weight excluding hydrogens is 278 g/mol. The Kier molecular flexibility index (Phi) is 4.31. The number of carboxylic acids is 1. The van der Waals surface area contributed by atoms with E-state index in [1.165, 1.54) is 22.3 Å². The Morgan fingerprint density at radius 3 is 2.36 bits per heavy atom. The van der Waals surface area contributed by atoms with Gasteiger partial charge < -0.3 is 10.8 Å². The number of carbonyl (C=O) groups excluding carboxylic acids is 1. The zero-order valence-electron chi connectivity index (χ0n) is 12.7. The van der Waals surface area contributed by atoms with Crippen molar-refractivity contribution in [3.63, 3.8) is 0 Å². The second kappa shape index (κ2) is 6.02. The highest BCUT2D eigenvalue weighted by molar-refractivity contribution is 5.82. The summed E-state index contributed by atoms with van der Waals surface area (Å²) >= 11 is 0. The maximum atomic E-state index is 10.8. The Hall–Kier alpha value is -2.62. The smallest absolute Gasteiger partial charge is 0.307 e. The minimum absolute atomic E-state index is 0.00627. The normalized spacial score (nSPS) is 13.4. The molecular formula is C18H19NO3. The summed E-state index contributed by atoms with van der Waals surface area (Å²) in [7, 11) is 0. The molecule has 3 rings (SSSR count). The maximum absolute atomic E-state index is 10.8. The van der Waals surface area contributed by atoms with Crippen LogP contribution in [-0.2, 0) is 21.4 Å². The van der Waals surface area contributed by atoms with Gasteiger partial charge in [-0.05, 0) is 27.8 Å². The molecule has 0 fully saturated rings. The van der Waals surface area contributed by atoms with Crippen molar-refractivity contribution in [2.75, 3.05) is 0 Å². The lowest BCUT2D eigenvalue weighted by Gasteiger charge is -2.21. The monoisotopic (exact) mass is 297 g/mol. The molecule has 1 aliphatic rings. The predicted molar refractivity (Wildman–Crippen MR) is 85.6 cm³/mol. The van der Waals surface area contributed by atoms with E-state index in [4.69, 9.17) is 9.90 Å². The Bertz CT molecular complexity index is 720. The molecule has 2 aromatic carbocycles. The van der Waals surface area contributed by atoms with E-state index in [0.717, 1.165) is 5.56 Å². The first kappa shape index (κ1) is 15.8. The first-order valence-corrected chi connectivity index (χ1v) is 7.02. The number of fused-ring (bicyclic) bond motifs is 3. The molecule has 22 heavy (non-hydrogen) atoms. The van der Waals surface area contributed by atoms with E-state index in [1.54, 1.807) is 0 Å². The Balaban J connectivity index is 0.000000545. The van der Waals surface area contributed by atoms with Gasteiger partial charge in [-0.3, -0.25) is 9.59 Å². The summed E-state index contributed by atoms with van der Waals surface area (Å²) in [4.78, 5) is 19.4. The third-order valence-corrected chi connectivity index (χ3v) is 4.00. The largest absolute Gasteiger partial charge is 0.481 e. The van der Waals surface area contributed by atoms with Crippen LogP contribution >= 0.6 is 0 Å². The second-order valence-corrected chi connectivity index (χ2v) is 5.76. The molecule has 0 aromatic heterocycles. The molecule has 0 spiro atoms. The van der Waals surface area contributed by atoms with Crippen LogP contribution in [0.3, 0.4) is 0 Å². The zero-order valence-corrected chi connectivity index (χ0v) is 12.7. The first-order valence-electron chi connectivity index (χ1n) is 7.02. The number of hydrogen-bond donors (Lipinski definition) is 2. The number of carbonyl (C=O) groups is 2. The maximum Gasteiger partial charge on any atom is 0.307 e. The van der Waals surface area contributed by atoms with Gasteiger partial charge >= 0.3 is 5.97 Å². The molecule has 0 bridgehead atoms. The molecule has 0 atom stereocenters. The van der Waals surface area contributed by atoms with Crippen LogP contribution in [0.2, 0.25) is 0 Å². The van der Waals surface area contributed by atoms with Crippen LogP contribution in [0, 0.1) is 0 Å². The molecule has 1 amide bonds. The van der Waals surface area contributed by atoms with Crippen molar-refractivity contribution in [3.05, 3.63) is 59.2 Å². The number of rotatable bonds is 2. The van der Waals surface area contributed by atoms with Gasteiger partial charge in [-0.15, -0.1) is 0 Å². The fourth-order valence-electron chi connectivity index (χ4n) is 3.05. The molecule has 4 nitrogen and oxygen atoms in total. The SMILES string of the molecule is CC1(C)c2ccccc2-c2cc(CC(=O)O)ccc21.NC=O. The van der Waals surface area contributed by atoms with E-state index < -0.39 is 5.97 Å². The van der Waals surface area contributed by atoms with Gasteiger partial charge in [0.2, 0.25) is 6.41 Å². The van der Waals surface area contributed by atoms with Crippen molar-refractivity contribution in [2.45, 2.75) is 25.7 Å². The summed E-state index contributed by atoms with van der Waals surface area (Å²) < 4.78 is 0. The van der Waals surface area contributed by atoms with E-state index >= 15 is 0 Å². The summed E-state index contributed by atoms with van der Waals surface area (Å²) in [6, 6.07) is 14.4. The van der Waals surface area contributed by atoms with Crippen LogP contribution < -0.4 is 5.73 Å². The predicted octanol–water partition coefficient (Wildman–Crippen LogP) is 2.72. The second-order valence-electron chi connectivity index (χ2n) is 5.76. The highest BCUT2D eigenvalue weighted by atomic mass is 16.4. The van der Waals surface area contributed by atoms with Crippen molar-refractivity contribution < 1.29 is 14.7 Å². The van der Waals surface area contributed by atoms with Crippen LogP contribution in [-0.4, -0.2) is 17.5 Å². The summed E-state index contributed by atoms with van der Waals surface area (Å²) in [5, 5.41) is 8.91. The number of hydrogen-bond acceptors (Lipinski definition) is 2. The Labute approximate surface area is 129 Å². The third kappa shape index (κ3) is 2.72. The van der Waals surface area contributed by atoms with E-state index in [0.29, 0.717) is 0 Å². The quantitative estimate of drug-likeness (QED) is 0.836.